The van der Waals surface area contributed by atoms with Crippen LogP contribution in [0.15, 0.2) is 60.4 Å². The first kappa shape index (κ1) is 20.4. The second-order valence-electron chi connectivity index (χ2n) is 8.39. The summed E-state index contributed by atoms with van der Waals surface area (Å²) >= 11 is 0. The third-order valence-electron chi connectivity index (χ3n) is 6.24. The molecule has 0 aliphatic heterocycles. The Bertz CT molecular complexity index is 1260. The van der Waals surface area contributed by atoms with Crippen molar-refractivity contribution in [1.82, 2.24) is 19.9 Å². The molecular weight excluding hydrogens is 400 g/mol. The fourth-order valence-electron chi connectivity index (χ4n) is 4.56. The van der Waals surface area contributed by atoms with Crippen LogP contribution in [0.5, 0.6) is 5.75 Å². The van der Waals surface area contributed by atoms with Crippen molar-refractivity contribution in [2.75, 3.05) is 13.7 Å². The van der Waals surface area contributed by atoms with Gasteiger partial charge in [0.2, 0.25) is 5.91 Å². The second kappa shape index (κ2) is 8.91. The van der Waals surface area contributed by atoms with Gasteiger partial charge in [0.1, 0.15) is 17.9 Å². The highest BCUT2D eigenvalue weighted by atomic mass is 16.5. The molecule has 4 aromatic rings. The van der Waals surface area contributed by atoms with Crippen molar-refractivity contribution in [3.8, 4) is 17.0 Å². The number of nitrogens with zero attached hydrogens (tertiary/aromatic N) is 2. The minimum atomic E-state index is 0.0268. The average molecular weight is 429 g/mol. The lowest BCUT2D eigenvalue weighted by Crippen LogP contribution is -2.28. The van der Waals surface area contributed by atoms with Crippen molar-refractivity contribution in [3.63, 3.8) is 0 Å². The van der Waals surface area contributed by atoms with E-state index in [4.69, 9.17) is 4.74 Å². The lowest BCUT2D eigenvalue weighted by Gasteiger charge is -2.13. The van der Waals surface area contributed by atoms with Crippen LogP contribution in [0.3, 0.4) is 0 Å². The van der Waals surface area contributed by atoms with E-state index in [1.807, 2.05) is 41.1 Å². The molecule has 3 heterocycles. The number of carbonyl (C=O) groups is 1. The maximum atomic E-state index is 12.7. The number of ether oxygens (including phenoxy) is 1. The SMILES string of the molecule is COc1ccc2c(c1)c(-c1cc3cccnc3[nH]1)cn2CC(=O)NCCC1=CCCCC1. The Morgan fingerprint density at radius 1 is 1.25 bits per heavy atom. The maximum Gasteiger partial charge on any atom is 0.239 e. The van der Waals surface area contributed by atoms with E-state index in [0.29, 0.717) is 6.54 Å². The van der Waals surface area contributed by atoms with Crippen LogP contribution in [0, 0.1) is 0 Å². The van der Waals surface area contributed by atoms with Crippen LogP contribution in [0.25, 0.3) is 33.2 Å². The van der Waals surface area contributed by atoms with Gasteiger partial charge in [-0.2, -0.15) is 0 Å². The number of benzene rings is 1. The van der Waals surface area contributed by atoms with Gasteiger partial charge in [-0.05, 0) is 68.5 Å². The van der Waals surface area contributed by atoms with E-state index in [1.54, 1.807) is 13.3 Å². The summed E-state index contributed by atoms with van der Waals surface area (Å²) in [6.07, 6.45) is 12.0. The van der Waals surface area contributed by atoms with E-state index >= 15 is 0 Å². The number of fused-ring (bicyclic) bond motifs is 2. The molecule has 6 nitrogen and oxygen atoms in total. The van der Waals surface area contributed by atoms with Crippen LogP contribution < -0.4 is 10.1 Å². The lowest BCUT2D eigenvalue weighted by molar-refractivity contribution is -0.121. The first-order valence-electron chi connectivity index (χ1n) is 11.3. The number of amides is 1. The predicted octanol–water partition coefficient (Wildman–Crippen LogP) is 5.20. The standard InChI is InChI=1S/C26H28N4O2/c1-32-20-9-10-24-21(15-20)22(23-14-19-8-5-12-28-26(19)29-23)16-30(24)17-25(31)27-13-11-18-6-3-2-4-7-18/h5-6,8-10,12,14-16H,2-4,7,11,13,17H2,1H3,(H,27,31)(H,28,29). The molecule has 2 N–H and O–H groups in total. The molecule has 1 aliphatic carbocycles. The number of hydrogen-bond donors (Lipinski definition) is 2. The van der Waals surface area contributed by atoms with Crippen LogP contribution in [-0.2, 0) is 11.3 Å². The fourth-order valence-corrected chi connectivity index (χ4v) is 4.56. The molecule has 0 saturated carbocycles. The van der Waals surface area contributed by atoms with Crippen molar-refractivity contribution >= 4 is 27.8 Å². The highest BCUT2D eigenvalue weighted by molar-refractivity contribution is 5.99. The van der Waals surface area contributed by atoms with Crippen LogP contribution in [-0.4, -0.2) is 34.1 Å². The van der Waals surface area contributed by atoms with Gasteiger partial charge in [0.25, 0.3) is 0 Å². The molecule has 0 bridgehead atoms. The first-order valence-corrected chi connectivity index (χ1v) is 11.3. The van der Waals surface area contributed by atoms with Gasteiger partial charge < -0.3 is 19.6 Å². The number of methoxy groups -OCH3 is 1. The first-order chi connectivity index (χ1) is 15.7. The molecule has 0 unspecified atom stereocenters. The molecule has 6 heteroatoms. The van der Waals surface area contributed by atoms with Crippen molar-refractivity contribution < 1.29 is 9.53 Å². The molecule has 5 rings (SSSR count). The van der Waals surface area contributed by atoms with E-state index in [1.165, 1.54) is 31.3 Å². The molecule has 1 amide bonds. The molecular formula is C26H28N4O2. The van der Waals surface area contributed by atoms with Gasteiger partial charge in [-0.3, -0.25) is 4.79 Å². The molecule has 0 radical (unpaired) electrons. The molecule has 0 saturated heterocycles. The van der Waals surface area contributed by atoms with E-state index in [-0.39, 0.29) is 12.5 Å². The van der Waals surface area contributed by atoms with Crippen LogP contribution in [0.1, 0.15) is 32.1 Å². The largest absolute Gasteiger partial charge is 0.497 e. The van der Waals surface area contributed by atoms with Gasteiger partial charge in [0.05, 0.1) is 7.11 Å². The number of hydrogen-bond acceptors (Lipinski definition) is 3. The number of rotatable bonds is 7. The minimum absolute atomic E-state index is 0.0268. The molecule has 0 spiro atoms. The Hall–Kier alpha value is -3.54. The van der Waals surface area contributed by atoms with Gasteiger partial charge in [-0.25, -0.2) is 4.98 Å². The van der Waals surface area contributed by atoms with Crippen LogP contribution in [0.4, 0.5) is 0 Å². The molecule has 1 aliphatic rings. The normalized spacial score (nSPS) is 14.0. The van der Waals surface area contributed by atoms with E-state index in [2.05, 4.69) is 27.4 Å². The van der Waals surface area contributed by atoms with Crippen LogP contribution in [0.2, 0.25) is 0 Å². The van der Waals surface area contributed by atoms with Gasteiger partial charge >= 0.3 is 0 Å². The number of nitrogens with one attached hydrogen (secondary N) is 2. The van der Waals surface area contributed by atoms with Crippen LogP contribution >= 0.6 is 0 Å². The summed E-state index contributed by atoms with van der Waals surface area (Å²) < 4.78 is 7.47. The Balaban J connectivity index is 1.40. The minimum Gasteiger partial charge on any atom is -0.497 e. The maximum absolute atomic E-state index is 12.7. The Labute approximate surface area is 187 Å². The number of allylic oxidation sites excluding steroid dienone is 1. The molecule has 1 aromatic carbocycles. The van der Waals surface area contributed by atoms with Gasteiger partial charge in [0, 0.05) is 46.5 Å². The second-order valence-corrected chi connectivity index (χ2v) is 8.39. The van der Waals surface area contributed by atoms with Gasteiger partial charge in [0.15, 0.2) is 0 Å². The number of aromatic nitrogens is 3. The third kappa shape index (κ3) is 4.13. The summed E-state index contributed by atoms with van der Waals surface area (Å²) in [5, 5.41) is 5.19. The summed E-state index contributed by atoms with van der Waals surface area (Å²) in [4.78, 5) is 20.5. The molecule has 0 fully saturated rings. The summed E-state index contributed by atoms with van der Waals surface area (Å²) in [7, 11) is 1.67. The summed E-state index contributed by atoms with van der Waals surface area (Å²) in [6.45, 7) is 0.971. The Morgan fingerprint density at radius 2 is 2.19 bits per heavy atom. The average Bonchev–Trinajstić information content (AvgIpc) is 3.41. The zero-order chi connectivity index (χ0) is 21.9. The number of carbonyl (C=O) groups excluding carboxylic acids is 1. The van der Waals surface area contributed by atoms with Crippen molar-refractivity contribution in [1.29, 1.82) is 0 Å². The van der Waals surface area contributed by atoms with Crippen molar-refractivity contribution in [2.45, 2.75) is 38.6 Å². The summed E-state index contributed by atoms with van der Waals surface area (Å²) in [6, 6.07) is 12.0. The Kier molecular flexibility index (Phi) is 5.67. The van der Waals surface area contributed by atoms with E-state index in [9.17, 15) is 4.79 Å². The zero-order valence-electron chi connectivity index (χ0n) is 18.4. The number of pyridine rings is 1. The summed E-state index contributed by atoms with van der Waals surface area (Å²) in [5.41, 5.74) is 5.32. The highest BCUT2D eigenvalue weighted by Gasteiger charge is 2.15. The van der Waals surface area contributed by atoms with E-state index in [0.717, 1.165) is 45.4 Å². The lowest BCUT2D eigenvalue weighted by atomic mass is 9.97. The van der Waals surface area contributed by atoms with Crippen molar-refractivity contribution in [3.05, 3.63) is 60.4 Å². The summed E-state index contributed by atoms with van der Waals surface area (Å²) in [5.74, 6) is 0.815. The predicted molar refractivity (Wildman–Crippen MR) is 128 cm³/mol. The highest BCUT2D eigenvalue weighted by Crippen LogP contribution is 2.34. The quantitative estimate of drug-likeness (QED) is 0.398. The topological polar surface area (TPSA) is 71.9 Å². The Morgan fingerprint density at radius 3 is 3.00 bits per heavy atom. The monoisotopic (exact) mass is 428 g/mol. The zero-order valence-corrected chi connectivity index (χ0v) is 18.4. The number of aromatic amines is 1. The third-order valence-corrected chi connectivity index (χ3v) is 6.24. The number of H-pyrrole nitrogens is 1. The molecule has 32 heavy (non-hydrogen) atoms. The molecule has 3 aromatic heterocycles. The fraction of sp³-hybridized carbons (Fsp3) is 0.308. The van der Waals surface area contributed by atoms with Crippen molar-refractivity contribution in [2.24, 2.45) is 0 Å². The molecule has 164 valence electrons. The van der Waals surface area contributed by atoms with E-state index < -0.39 is 0 Å². The van der Waals surface area contributed by atoms with Gasteiger partial charge in [-0.1, -0.05) is 11.6 Å². The molecule has 0 atom stereocenters. The van der Waals surface area contributed by atoms with Gasteiger partial charge in [-0.15, -0.1) is 0 Å². The smallest absolute Gasteiger partial charge is 0.239 e.